The lowest BCUT2D eigenvalue weighted by Gasteiger charge is -2.25. The molecule has 0 bridgehead atoms. The molecule has 6 nitrogen and oxygen atoms in total. The van der Waals surface area contributed by atoms with Crippen molar-refractivity contribution in [2.75, 3.05) is 24.5 Å². The van der Waals surface area contributed by atoms with E-state index >= 15 is 0 Å². The van der Waals surface area contributed by atoms with Gasteiger partial charge in [-0.2, -0.15) is 0 Å². The molecule has 1 N–H and O–H groups in total. The first kappa shape index (κ1) is 22.8. The number of nitrogens with one attached hydrogen (secondary N) is 1. The van der Waals surface area contributed by atoms with Gasteiger partial charge in [-0.3, -0.25) is 9.10 Å². The van der Waals surface area contributed by atoms with Crippen molar-refractivity contribution in [2.24, 2.45) is 5.92 Å². The van der Waals surface area contributed by atoms with Gasteiger partial charge in [-0.25, -0.2) is 8.42 Å². The number of hydrogen-bond donors (Lipinski definition) is 1. The van der Waals surface area contributed by atoms with Crippen molar-refractivity contribution in [2.45, 2.75) is 18.7 Å². The molecule has 8 heteroatoms. The molecule has 0 heterocycles. The van der Waals surface area contributed by atoms with Crippen LogP contribution >= 0.6 is 11.6 Å². The van der Waals surface area contributed by atoms with Crippen LogP contribution in [0.1, 0.15) is 24.2 Å². The molecule has 2 aromatic carbocycles. The van der Waals surface area contributed by atoms with Gasteiger partial charge >= 0.3 is 0 Å². The van der Waals surface area contributed by atoms with E-state index in [1.807, 2.05) is 13.8 Å². The Balaban J connectivity index is 2.51. The van der Waals surface area contributed by atoms with Gasteiger partial charge in [-0.05, 0) is 36.2 Å². The molecule has 1 amide bonds. The fourth-order valence-corrected chi connectivity index (χ4v) is 4.31. The maximum absolute atomic E-state index is 13.4. The van der Waals surface area contributed by atoms with E-state index in [-0.39, 0.29) is 27.9 Å². The zero-order chi connectivity index (χ0) is 21.6. The minimum atomic E-state index is -4.01. The molecule has 156 valence electrons. The highest BCUT2D eigenvalue weighted by molar-refractivity contribution is 7.92. The number of carbonyl (C=O) groups is 1. The number of benzene rings is 2. The van der Waals surface area contributed by atoms with Crippen molar-refractivity contribution in [1.82, 2.24) is 5.32 Å². The number of nitrogens with zero attached hydrogens (tertiary/aromatic N) is 1. The predicted octanol–water partition coefficient (Wildman–Crippen LogP) is 4.12. The van der Waals surface area contributed by atoms with E-state index < -0.39 is 15.9 Å². The van der Waals surface area contributed by atoms with Gasteiger partial charge in [-0.15, -0.1) is 6.58 Å². The third kappa shape index (κ3) is 5.31. The minimum absolute atomic E-state index is 0.0280. The maximum atomic E-state index is 13.4. The second-order valence-corrected chi connectivity index (χ2v) is 9.01. The molecule has 0 atom stereocenters. The van der Waals surface area contributed by atoms with Crippen LogP contribution in [-0.4, -0.2) is 34.5 Å². The normalized spacial score (nSPS) is 11.2. The quantitative estimate of drug-likeness (QED) is 0.600. The monoisotopic (exact) mass is 436 g/mol. The third-order valence-corrected chi connectivity index (χ3v) is 6.20. The van der Waals surface area contributed by atoms with Crippen molar-refractivity contribution < 1.29 is 17.9 Å². The summed E-state index contributed by atoms with van der Waals surface area (Å²) in [6, 6.07) is 10.9. The lowest BCUT2D eigenvalue weighted by Crippen LogP contribution is -2.32. The summed E-state index contributed by atoms with van der Waals surface area (Å²) in [5.41, 5.74) is 0.475. The summed E-state index contributed by atoms with van der Waals surface area (Å²) >= 11 is 6.16. The summed E-state index contributed by atoms with van der Waals surface area (Å²) in [5.74, 6) is 0.230. The minimum Gasteiger partial charge on any atom is -0.495 e. The Morgan fingerprint density at radius 2 is 1.97 bits per heavy atom. The molecule has 0 aliphatic rings. The van der Waals surface area contributed by atoms with Gasteiger partial charge in [0.05, 0.1) is 34.8 Å². The van der Waals surface area contributed by atoms with Gasteiger partial charge in [0, 0.05) is 6.54 Å². The average molecular weight is 437 g/mol. The Hall–Kier alpha value is -2.51. The molecule has 29 heavy (non-hydrogen) atoms. The second kappa shape index (κ2) is 9.80. The van der Waals surface area contributed by atoms with E-state index in [0.717, 1.165) is 0 Å². The second-order valence-electron chi connectivity index (χ2n) is 6.74. The summed E-state index contributed by atoms with van der Waals surface area (Å²) in [4.78, 5) is 12.4. The topological polar surface area (TPSA) is 75.7 Å². The number of anilines is 1. The van der Waals surface area contributed by atoms with Gasteiger partial charge in [0.2, 0.25) is 0 Å². The van der Waals surface area contributed by atoms with Crippen molar-refractivity contribution >= 4 is 33.2 Å². The zero-order valence-corrected chi connectivity index (χ0v) is 18.3. The lowest BCUT2D eigenvalue weighted by molar-refractivity contribution is 0.0949. The molecule has 0 radical (unpaired) electrons. The molecular formula is C21H25ClN2O4S. The van der Waals surface area contributed by atoms with E-state index in [1.165, 1.54) is 35.7 Å². The molecule has 2 rings (SSSR count). The van der Waals surface area contributed by atoms with Crippen LogP contribution in [0.3, 0.4) is 0 Å². The van der Waals surface area contributed by atoms with Crippen LogP contribution in [0.2, 0.25) is 5.02 Å². The number of carbonyl (C=O) groups excluding carboxylic acids is 1. The molecule has 0 fully saturated rings. The van der Waals surface area contributed by atoms with Crippen molar-refractivity contribution in [1.29, 1.82) is 0 Å². The SMILES string of the molecule is C=CCN(c1ccccc1OC)S(=O)(=O)c1ccc(Cl)c(C(=O)NCC(C)C)c1. The molecule has 0 saturated carbocycles. The van der Waals surface area contributed by atoms with E-state index in [2.05, 4.69) is 11.9 Å². The number of sulfonamides is 1. The zero-order valence-electron chi connectivity index (χ0n) is 16.7. The van der Waals surface area contributed by atoms with Crippen LogP contribution in [0, 0.1) is 5.92 Å². The van der Waals surface area contributed by atoms with Gasteiger partial charge in [-0.1, -0.05) is 43.7 Å². The number of amides is 1. The number of methoxy groups -OCH3 is 1. The van der Waals surface area contributed by atoms with Crippen LogP contribution in [-0.2, 0) is 10.0 Å². The number of halogens is 1. The van der Waals surface area contributed by atoms with E-state index in [4.69, 9.17) is 16.3 Å². The summed E-state index contributed by atoms with van der Waals surface area (Å²) in [5, 5.41) is 2.93. The molecule has 0 saturated heterocycles. The Morgan fingerprint density at radius 3 is 2.59 bits per heavy atom. The molecule has 2 aromatic rings. The number of ether oxygens (including phenoxy) is 1. The average Bonchev–Trinajstić information content (AvgIpc) is 2.70. The van der Waals surface area contributed by atoms with Crippen LogP contribution in [0.4, 0.5) is 5.69 Å². The summed E-state index contributed by atoms with van der Waals surface area (Å²) in [6.07, 6.45) is 1.48. The molecule has 0 unspecified atom stereocenters. The molecule has 0 aromatic heterocycles. The smallest absolute Gasteiger partial charge is 0.264 e. The van der Waals surface area contributed by atoms with E-state index in [0.29, 0.717) is 18.0 Å². The van der Waals surface area contributed by atoms with Crippen molar-refractivity contribution in [3.05, 3.63) is 65.7 Å². The molecule has 0 aliphatic carbocycles. The standard InChI is InChI=1S/C21H25ClN2O4S/c1-5-12-24(19-8-6-7-9-20(19)28-4)29(26,27)16-10-11-18(22)17(13-16)21(25)23-14-15(2)3/h5-11,13,15H,1,12,14H2,2-4H3,(H,23,25). The molecule has 0 aliphatic heterocycles. The number of hydrogen-bond acceptors (Lipinski definition) is 4. The first-order chi connectivity index (χ1) is 13.7. The molecule has 0 spiro atoms. The Morgan fingerprint density at radius 1 is 1.28 bits per heavy atom. The highest BCUT2D eigenvalue weighted by Gasteiger charge is 2.27. The first-order valence-corrected chi connectivity index (χ1v) is 10.9. The summed E-state index contributed by atoms with van der Waals surface area (Å²) in [6.45, 7) is 8.06. The number of rotatable bonds is 9. The van der Waals surface area contributed by atoms with Gasteiger partial charge in [0.25, 0.3) is 15.9 Å². The highest BCUT2D eigenvalue weighted by Crippen LogP contribution is 2.33. The van der Waals surface area contributed by atoms with Crippen LogP contribution < -0.4 is 14.4 Å². The van der Waals surface area contributed by atoms with Crippen LogP contribution in [0.5, 0.6) is 5.75 Å². The first-order valence-electron chi connectivity index (χ1n) is 9.06. The maximum Gasteiger partial charge on any atom is 0.264 e. The fourth-order valence-electron chi connectivity index (χ4n) is 2.64. The van der Waals surface area contributed by atoms with Gasteiger partial charge in [0.15, 0.2) is 0 Å². The Bertz CT molecular complexity index is 990. The van der Waals surface area contributed by atoms with Crippen LogP contribution in [0.25, 0.3) is 0 Å². The fraction of sp³-hybridized carbons (Fsp3) is 0.286. The lowest BCUT2D eigenvalue weighted by atomic mass is 10.2. The third-order valence-electron chi connectivity index (χ3n) is 4.09. The Labute approximate surface area is 177 Å². The van der Waals surface area contributed by atoms with Gasteiger partial charge < -0.3 is 10.1 Å². The summed E-state index contributed by atoms with van der Waals surface area (Å²) in [7, 11) is -2.54. The predicted molar refractivity (Wildman–Crippen MR) is 116 cm³/mol. The van der Waals surface area contributed by atoms with E-state index in [9.17, 15) is 13.2 Å². The van der Waals surface area contributed by atoms with Crippen LogP contribution in [0.15, 0.2) is 60.0 Å². The van der Waals surface area contributed by atoms with E-state index in [1.54, 1.807) is 24.3 Å². The van der Waals surface area contributed by atoms with Gasteiger partial charge in [0.1, 0.15) is 5.75 Å². The van der Waals surface area contributed by atoms with Crippen molar-refractivity contribution in [3.63, 3.8) is 0 Å². The molecular weight excluding hydrogens is 412 g/mol. The van der Waals surface area contributed by atoms with Crippen molar-refractivity contribution in [3.8, 4) is 5.75 Å². The highest BCUT2D eigenvalue weighted by atomic mass is 35.5. The number of para-hydroxylation sites is 2. The summed E-state index contributed by atoms with van der Waals surface area (Å²) < 4.78 is 33.3. The largest absolute Gasteiger partial charge is 0.495 e. The Kier molecular flexibility index (Phi) is 7.70.